The van der Waals surface area contributed by atoms with Crippen molar-refractivity contribution in [3.63, 3.8) is 0 Å². The highest BCUT2D eigenvalue weighted by Crippen LogP contribution is 2.29. The molecule has 2 rings (SSSR count). The maximum absolute atomic E-state index is 11.5. The third kappa shape index (κ3) is 2.96. The number of rotatable bonds is 3. The summed E-state index contributed by atoms with van der Waals surface area (Å²) < 4.78 is 6.01. The third-order valence-corrected chi connectivity index (χ3v) is 3.85. The lowest BCUT2D eigenvalue weighted by Gasteiger charge is -1.98. The van der Waals surface area contributed by atoms with Gasteiger partial charge in [-0.25, -0.2) is 4.79 Å². The fraction of sp³-hybridized carbons (Fsp3) is 0.154. The van der Waals surface area contributed by atoms with Gasteiger partial charge in [0.1, 0.15) is 4.88 Å². The second kappa shape index (κ2) is 5.47. The zero-order valence-electron chi connectivity index (χ0n) is 9.27. The molecule has 0 amide bonds. The van der Waals surface area contributed by atoms with Gasteiger partial charge in [-0.05, 0) is 36.8 Å². The summed E-state index contributed by atoms with van der Waals surface area (Å²) >= 11 is 4.85. The summed E-state index contributed by atoms with van der Waals surface area (Å²) in [6, 6.07) is 11.8. The molecule has 88 valence electrons. The van der Waals surface area contributed by atoms with Crippen molar-refractivity contribution >= 4 is 33.2 Å². The minimum atomic E-state index is -0.249. The molecule has 17 heavy (non-hydrogen) atoms. The number of benzene rings is 1. The Morgan fingerprint density at radius 1 is 1.24 bits per heavy atom. The van der Waals surface area contributed by atoms with Crippen LogP contribution in [-0.2, 0) is 4.74 Å². The van der Waals surface area contributed by atoms with Crippen molar-refractivity contribution in [3.05, 3.63) is 45.7 Å². The van der Waals surface area contributed by atoms with Gasteiger partial charge in [0.05, 0.1) is 6.61 Å². The molecule has 0 saturated heterocycles. The van der Waals surface area contributed by atoms with Crippen LogP contribution >= 0.6 is 27.3 Å². The Balaban J connectivity index is 2.23. The molecule has 0 radical (unpaired) electrons. The molecule has 0 N–H and O–H groups in total. The first-order chi connectivity index (χ1) is 8.20. The molecule has 1 heterocycles. The number of thiophene rings is 1. The zero-order valence-corrected chi connectivity index (χ0v) is 11.7. The van der Waals surface area contributed by atoms with E-state index in [2.05, 4.69) is 15.9 Å². The summed E-state index contributed by atoms with van der Waals surface area (Å²) in [5, 5.41) is 0. The second-order valence-electron chi connectivity index (χ2n) is 3.39. The maximum atomic E-state index is 11.5. The van der Waals surface area contributed by atoms with Crippen molar-refractivity contribution in [2.45, 2.75) is 6.92 Å². The highest BCUT2D eigenvalue weighted by molar-refractivity contribution is 9.10. The van der Waals surface area contributed by atoms with Gasteiger partial charge in [0, 0.05) is 9.35 Å². The Hall–Kier alpha value is -1.13. The van der Waals surface area contributed by atoms with Crippen LogP contribution in [0.4, 0.5) is 0 Å². The van der Waals surface area contributed by atoms with Crippen LogP contribution in [0.2, 0.25) is 0 Å². The lowest BCUT2D eigenvalue weighted by Crippen LogP contribution is -2.01. The normalized spacial score (nSPS) is 10.2. The van der Waals surface area contributed by atoms with Crippen LogP contribution in [0.25, 0.3) is 10.4 Å². The van der Waals surface area contributed by atoms with Crippen molar-refractivity contribution in [2.24, 2.45) is 0 Å². The number of carbonyl (C=O) groups is 1. The smallest absolute Gasteiger partial charge is 0.348 e. The highest BCUT2D eigenvalue weighted by atomic mass is 79.9. The number of hydrogen-bond acceptors (Lipinski definition) is 3. The van der Waals surface area contributed by atoms with Crippen LogP contribution in [0.3, 0.4) is 0 Å². The molecule has 0 aliphatic heterocycles. The van der Waals surface area contributed by atoms with E-state index in [-0.39, 0.29) is 5.97 Å². The number of ether oxygens (including phenoxy) is 1. The molecule has 0 fully saturated rings. The first kappa shape index (κ1) is 12.3. The average molecular weight is 311 g/mol. The van der Waals surface area contributed by atoms with Gasteiger partial charge in [0.2, 0.25) is 0 Å². The van der Waals surface area contributed by atoms with Gasteiger partial charge in [-0.2, -0.15) is 0 Å². The Kier molecular flexibility index (Phi) is 3.97. The predicted octanol–water partition coefficient (Wildman–Crippen LogP) is 4.35. The summed E-state index contributed by atoms with van der Waals surface area (Å²) in [5.41, 5.74) is 1.11. The van der Waals surface area contributed by atoms with Gasteiger partial charge in [0.15, 0.2) is 0 Å². The van der Waals surface area contributed by atoms with Crippen molar-refractivity contribution in [3.8, 4) is 10.4 Å². The van der Waals surface area contributed by atoms with Crippen LogP contribution in [0, 0.1) is 0 Å². The molecule has 0 saturated carbocycles. The molecule has 1 aromatic carbocycles. The van der Waals surface area contributed by atoms with E-state index in [9.17, 15) is 4.79 Å². The summed E-state index contributed by atoms with van der Waals surface area (Å²) in [5.74, 6) is -0.249. The fourth-order valence-electron chi connectivity index (χ4n) is 1.42. The molecule has 0 aliphatic carbocycles. The number of halogens is 1. The molecule has 0 aliphatic rings. The van der Waals surface area contributed by atoms with E-state index in [4.69, 9.17) is 4.74 Å². The molecule has 2 nitrogen and oxygen atoms in total. The average Bonchev–Trinajstić information content (AvgIpc) is 2.80. The lowest BCUT2D eigenvalue weighted by atomic mass is 10.2. The topological polar surface area (TPSA) is 26.3 Å². The van der Waals surface area contributed by atoms with E-state index in [0.29, 0.717) is 11.5 Å². The molecule has 1 aromatic heterocycles. The van der Waals surface area contributed by atoms with Gasteiger partial charge in [0.25, 0.3) is 0 Å². The Morgan fingerprint density at radius 2 is 1.94 bits per heavy atom. The molecule has 0 unspecified atom stereocenters. The largest absolute Gasteiger partial charge is 0.462 e. The Morgan fingerprint density at radius 3 is 2.59 bits per heavy atom. The number of carbonyl (C=O) groups excluding carboxylic acids is 1. The summed E-state index contributed by atoms with van der Waals surface area (Å²) in [4.78, 5) is 13.2. The van der Waals surface area contributed by atoms with E-state index in [1.54, 1.807) is 13.0 Å². The lowest BCUT2D eigenvalue weighted by molar-refractivity contribution is 0.0532. The first-order valence-corrected chi connectivity index (χ1v) is 6.84. The van der Waals surface area contributed by atoms with Crippen molar-refractivity contribution < 1.29 is 9.53 Å². The van der Waals surface area contributed by atoms with Gasteiger partial charge >= 0.3 is 5.97 Å². The molecular weight excluding hydrogens is 300 g/mol. The van der Waals surface area contributed by atoms with Crippen LogP contribution < -0.4 is 0 Å². The maximum Gasteiger partial charge on any atom is 0.348 e. The highest BCUT2D eigenvalue weighted by Gasteiger charge is 2.10. The molecule has 0 bridgehead atoms. The summed E-state index contributed by atoms with van der Waals surface area (Å²) in [6.45, 7) is 2.21. The van der Waals surface area contributed by atoms with E-state index < -0.39 is 0 Å². The Bertz CT molecular complexity index is 516. The molecule has 0 atom stereocenters. The quantitative estimate of drug-likeness (QED) is 0.788. The minimum Gasteiger partial charge on any atom is -0.462 e. The summed E-state index contributed by atoms with van der Waals surface area (Å²) in [6.07, 6.45) is 0. The van der Waals surface area contributed by atoms with Crippen molar-refractivity contribution in [1.82, 2.24) is 0 Å². The van der Waals surface area contributed by atoms with Crippen molar-refractivity contribution in [1.29, 1.82) is 0 Å². The first-order valence-electron chi connectivity index (χ1n) is 5.23. The molecule has 0 spiro atoms. The third-order valence-electron chi connectivity index (χ3n) is 2.21. The van der Waals surface area contributed by atoms with Crippen LogP contribution in [0.15, 0.2) is 40.9 Å². The molecular formula is C13H11BrO2S. The van der Waals surface area contributed by atoms with Crippen LogP contribution in [0.5, 0.6) is 0 Å². The predicted molar refractivity (Wildman–Crippen MR) is 73.4 cm³/mol. The van der Waals surface area contributed by atoms with E-state index in [1.165, 1.54) is 11.3 Å². The van der Waals surface area contributed by atoms with E-state index in [0.717, 1.165) is 14.9 Å². The van der Waals surface area contributed by atoms with E-state index in [1.807, 2.05) is 30.3 Å². The SMILES string of the molecule is CCOC(=O)c1ccc(-c2ccc(Br)cc2)s1. The fourth-order valence-corrected chi connectivity index (χ4v) is 2.59. The Labute approximate surface area is 112 Å². The van der Waals surface area contributed by atoms with Gasteiger partial charge in [-0.3, -0.25) is 0 Å². The van der Waals surface area contributed by atoms with Gasteiger partial charge in [-0.1, -0.05) is 28.1 Å². The van der Waals surface area contributed by atoms with Gasteiger partial charge < -0.3 is 4.74 Å². The standard InChI is InChI=1S/C13H11BrO2S/c1-2-16-13(15)12-8-7-11(17-12)9-3-5-10(14)6-4-9/h3-8H,2H2,1H3. The van der Waals surface area contributed by atoms with Crippen LogP contribution in [-0.4, -0.2) is 12.6 Å². The van der Waals surface area contributed by atoms with Crippen LogP contribution in [0.1, 0.15) is 16.6 Å². The minimum absolute atomic E-state index is 0.249. The zero-order chi connectivity index (χ0) is 12.3. The number of esters is 1. The number of hydrogen-bond donors (Lipinski definition) is 0. The van der Waals surface area contributed by atoms with E-state index >= 15 is 0 Å². The van der Waals surface area contributed by atoms with Gasteiger partial charge in [-0.15, -0.1) is 11.3 Å². The second-order valence-corrected chi connectivity index (χ2v) is 5.39. The van der Waals surface area contributed by atoms with Crippen molar-refractivity contribution in [2.75, 3.05) is 6.61 Å². The molecule has 4 heteroatoms. The monoisotopic (exact) mass is 310 g/mol. The molecule has 2 aromatic rings. The summed E-state index contributed by atoms with van der Waals surface area (Å²) in [7, 11) is 0.